The number of hydrogen-bond donors (Lipinski definition) is 1. The van der Waals surface area contributed by atoms with Gasteiger partial charge in [-0.1, -0.05) is 25.1 Å². The number of likely N-dealkylation sites (N-methyl/N-ethyl adjacent to an activating group) is 1. The van der Waals surface area contributed by atoms with Crippen LogP contribution >= 0.6 is 0 Å². The van der Waals surface area contributed by atoms with Crippen molar-refractivity contribution in [2.45, 2.75) is 13.8 Å². The van der Waals surface area contributed by atoms with Crippen molar-refractivity contribution < 1.29 is 4.79 Å². The van der Waals surface area contributed by atoms with Crippen LogP contribution in [0.1, 0.15) is 23.0 Å². The molecule has 1 aliphatic rings. The molecule has 1 N–H and O–H groups in total. The number of amides is 1. The topological polar surface area (TPSA) is 61.4 Å². The van der Waals surface area contributed by atoms with Crippen LogP contribution in [0, 0.1) is 6.92 Å². The van der Waals surface area contributed by atoms with Crippen LogP contribution in [0.25, 0.3) is 0 Å². The van der Waals surface area contributed by atoms with Gasteiger partial charge in [-0.3, -0.25) is 4.79 Å². The summed E-state index contributed by atoms with van der Waals surface area (Å²) in [6, 6.07) is 9.36. The highest BCUT2D eigenvalue weighted by Gasteiger charge is 2.19. The van der Waals surface area contributed by atoms with E-state index in [0.717, 1.165) is 44.0 Å². The monoisotopic (exact) mass is 325 g/mol. The molecule has 2 heterocycles. The maximum absolute atomic E-state index is 12.5. The Labute approximate surface area is 142 Å². The molecule has 0 bridgehead atoms. The minimum absolute atomic E-state index is 0.208. The molecule has 0 spiro atoms. The maximum Gasteiger partial charge on any atom is 0.274 e. The first-order valence-corrected chi connectivity index (χ1v) is 8.34. The fraction of sp³-hybridized carbons (Fsp3) is 0.389. The van der Waals surface area contributed by atoms with Crippen LogP contribution in [-0.4, -0.2) is 53.5 Å². The van der Waals surface area contributed by atoms with Gasteiger partial charge in [0.05, 0.1) is 0 Å². The second-order valence-corrected chi connectivity index (χ2v) is 5.93. The number of rotatable bonds is 4. The Hall–Kier alpha value is -2.47. The summed E-state index contributed by atoms with van der Waals surface area (Å²) in [6.07, 6.45) is 1.65. The van der Waals surface area contributed by atoms with Crippen LogP contribution in [0.5, 0.6) is 0 Å². The van der Waals surface area contributed by atoms with E-state index < -0.39 is 0 Å². The fourth-order valence-electron chi connectivity index (χ4n) is 2.79. The largest absolute Gasteiger partial charge is 0.338 e. The first-order valence-electron chi connectivity index (χ1n) is 8.34. The minimum Gasteiger partial charge on any atom is -0.338 e. The third-order valence-electron chi connectivity index (χ3n) is 4.37. The van der Waals surface area contributed by atoms with E-state index in [9.17, 15) is 4.79 Å². The predicted octanol–water partition coefficient (Wildman–Crippen LogP) is 2.18. The van der Waals surface area contributed by atoms with Crippen molar-refractivity contribution in [3.05, 3.63) is 47.8 Å². The summed E-state index contributed by atoms with van der Waals surface area (Å²) in [5.74, 6) is 0.420. The number of anilines is 2. The van der Waals surface area contributed by atoms with Gasteiger partial charge in [0.25, 0.3) is 5.91 Å². The molecule has 24 heavy (non-hydrogen) atoms. The molecule has 1 amide bonds. The van der Waals surface area contributed by atoms with Crippen LogP contribution in [0.15, 0.2) is 36.5 Å². The second-order valence-electron chi connectivity index (χ2n) is 5.93. The molecular formula is C18H23N5O. The minimum atomic E-state index is -0.208. The van der Waals surface area contributed by atoms with Crippen LogP contribution < -0.4 is 10.2 Å². The molecule has 1 aromatic heterocycles. The highest BCUT2D eigenvalue weighted by atomic mass is 16.1. The van der Waals surface area contributed by atoms with E-state index in [4.69, 9.17) is 0 Å². The molecule has 0 radical (unpaired) electrons. The molecule has 6 nitrogen and oxygen atoms in total. The highest BCUT2D eigenvalue weighted by molar-refractivity contribution is 6.03. The van der Waals surface area contributed by atoms with Gasteiger partial charge < -0.3 is 15.1 Å². The lowest BCUT2D eigenvalue weighted by Crippen LogP contribution is -2.46. The number of nitrogens with one attached hydrogen (secondary N) is 1. The summed E-state index contributed by atoms with van der Waals surface area (Å²) in [4.78, 5) is 25.8. The lowest BCUT2D eigenvalue weighted by atomic mass is 10.2. The number of para-hydroxylation sites is 1. The van der Waals surface area contributed by atoms with Crippen LogP contribution in [0.4, 0.5) is 11.6 Å². The standard InChI is InChI=1S/C18H23N5O/c1-3-22-10-12-23(13-11-22)18-19-9-8-16(21-18)17(24)20-15-7-5-4-6-14(15)2/h4-9H,3,10-13H2,1-2H3,(H,20,24). The Morgan fingerprint density at radius 1 is 1.17 bits per heavy atom. The molecule has 1 aromatic carbocycles. The molecule has 126 valence electrons. The van der Waals surface area contributed by atoms with E-state index in [1.54, 1.807) is 12.3 Å². The normalized spacial score (nSPS) is 15.3. The molecule has 1 fully saturated rings. The average molecular weight is 325 g/mol. The van der Waals surface area contributed by atoms with Gasteiger partial charge in [0, 0.05) is 38.1 Å². The molecule has 0 atom stereocenters. The van der Waals surface area contributed by atoms with Crippen LogP contribution in [-0.2, 0) is 0 Å². The van der Waals surface area contributed by atoms with Crippen molar-refractivity contribution in [1.82, 2.24) is 14.9 Å². The van der Waals surface area contributed by atoms with Gasteiger partial charge >= 0.3 is 0 Å². The number of nitrogens with zero attached hydrogens (tertiary/aromatic N) is 4. The van der Waals surface area contributed by atoms with Crippen molar-refractivity contribution in [3.63, 3.8) is 0 Å². The van der Waals surface area contributed by atoms with Crippen molar-refractivity contribution in [3.8, 4) is 0 Å². The van der Waals surface area contributed by atoms with Gasteiger partial charge in [-0.2, -0.15) is 0 Å². The SMILES string of the molecule is CCN1CCN(c2nccc(C(=O)Nc3ccccc3C)n2)CC1. The number of piperazine rings is 1. The third-order valence-corrected chi connectivity index (χ3v) is 4.37. The van der Waals surface area contributed by atoms with E-state index in [2.05, 4.69) is 32.0 Å². The Kier molecular flexibility index (Phi) is 5.05. The summed E-state index contributed by atoms with van der Waals surface area (Å²) in [6.45, 7) is 8.97. The summed E-state index contributed by atoms with van der Waals surface area (Å²) in [5, 5.41) is 2.92. The van der Waals surface area contributed by atoms with E-state index in [0.29, 0.717) is 11.6 Å². The number of carbonyl (C=O) groups is 1. The molecule has 3 rings (SSSR count). The van der Waals surface area contributed by atoms with Gasteiger partial charge in [0.2, 0.25) is 5.95 Å². The molecule has 6 heteroatoms. The number of carbonyl (C=O) groups excluding carboxylic acids is 1. The fourth-order valence-corrected chi connectivity index (χ4v) is 2.79. The first-order chi connectivity index (χ1) is 11.7. The smallest absolute Gasteiger partial charge is 0.274 e. The molecule has 0 aliphatic carbocycles. The average Bonchev–Trinajstić information content (AvgIpc) is 2.64. The van der Waals surface area contributed by atoms with Crippen LogP contribution in [0.2, 0.25) is 0 Å². The number of aromatic nitrogens is 2. The van der Waals surface area contributed by atoms with Gasteiger partial charge in [0.15, 0.2) is 0 Å². The van der Waals surface area contributed by atoms with E-state index in [1.807, 2.05) is 31.2 Å². The number of hydrogen-bond acceptors (Lipinski definition) is 5. The Balaban J connectivity index is 1.71. The Bertz CT molecular complexity index is 710. The quantitative estimate of drug-likeness (QED) is 0.933. The Morgan fingerprint density at radius 2 is 1.92 bits per heavy atom. The molecule has 1 aliphatic heterocycles. The van der Waals surface area contributed by atoms with Crippen molar-refractivity contribution in [2.75, 3.05) is 42.9 Å². The number of aryl methyl sites for hydroxylation is 1. The van der Waals surface area contributed by atoms with E-state index >= 15 is 0 Å². The highest BCUT2D eigenvalue weighted by Crippen LogP contribution is 2.15. The summed E-state index contributed by atoms with van der Waals surface area (Å²) in [5.41, 5.74) is 2.22. The van der Waals surface area contributed by atoms with Gasteiger partial charge in [0.1, 0.15) is 5.69 Å². The van der Waals surface area contributed by atoms with E-state index in [-0.39, 0.29) is 5.91 Å². The lowest BCUT2D eigenvalue weighted by Gasteiger charge is -2.34. The molecule has 0 unspecified atom stereocenters. The lowest BCUT2D eigenvalue weighted by molar-refractivity contribution is 0.102. The zero-order valence-electron chi connectivity index (χ0n) is 14.2. The zero-order chi connectivity index (χ0) is 16.9. The first kappa shape index (κ1) is 16.4. The molecule has 1 saturated heterocycles. The summed E-state index contributed by atoms with van der Waals surface area (Å²) in [7, 11) is 0. The van der Waals surface area contributed by atoms with Gasteiger partial charge in [-0.15, -0.1) is 0 Å². The summed E-state index contributed by atoms with van der Waals surface area (Å²) < 4.78 is 0. The molecule has 0 saturated carbocycles. The molecule has 2 aromatic rings. The zero-order valence-corrected chi connectivity index (χ0v) is 14.2. The second kappa shape index (κ2) is 7.40. The van der Waals surface area contributed by atoms with Gasteiger partial charge in [-0.05, 0) is 31.2 Å². The Morgan fingerprint density at radius 3 is 2.62 bits per heavy atom. The molecular weight excluding hydrogens is 302 g/mol. The van der Waals surface area contributed by atoms with Crippen molar-refractivity contribution in [2.24, 2.45) is 0 Å². The van der Waals surface area contributed by atoms with Crippen molar-refractivity contribution >= 4 is 17.5 Å². The third kappa shape index (κ3) is 3.71. The predicted molar refractivity (Wildman–Crippen MR) is 95.5 cm³/mol. The van der Waals surface area contributed by atoms with Crippen molar-refractivity contribution in [1.29, 1.82) is 0 Å². The van der Waals surface area contributed by atoms with Gasteiger partial charge in [-0.25, -0.2) is 9.97 Å². The van der Waals surface area contributed by atoms with Crippen LogP contribution in [0.3, 0.4) is 0 Å². The summed E-state index contributed by atoms with van der Waals surface area (Å²) >= 11 is 0. The van der Waals surface area contributed by atoms with E-state index in [1.165, 1.54) is 0 Å². The maximum atomic E-state index is 12.5. The number of benzene rings is 1.